The maximum Gasteiger partial charge on any atom is 0.143 e. The summed E-state index contributed by atoms with van der Waals surface area (Å²) in [6, 6.07) is 46.4. The van der Waals surface area contributed by atoms with Crippen molar-refractivity contribution >= 4 is 12.6 Å². The summed E-state index contributed by atoms with van der Waals surface area (Å²) in [6.07, 6.45) is 0. The first-order valence-electron chi connectivity index (χ1n) is 13.6. The van der Waals surface area contributed by atoms with Crippen LogP contribution in [0.15, 0.2) is 140 Å². The monoisotopic (exact) mass is 562 g/mol. The first-order chi connectivity index (χ1) is 20.2. The molecule has 41 heavy (non-hydrogen) atoms. The third kappa shape index (κ3) is 7.19. The van der Waals surface area contributed by atoms with E-state index < -0.39 is 5.60 Å². The topological polar surface area (TPSA) is 36.9 Å². The molecular formula is C36H34O4S. The number of hydrogen-bond donors (Lipinski definition) is 1. The molecule has 0 heterocycles. The van der Waals surface area contributed by atoms with Crippen LogP contribution >= 0.6 is 12.6 Å². The number of thiol groups is 1. The molecule has 0 saturated carbocycles. The van der Waals surface area contributed by atoms with Gasteiger partial charge in [-0.1, -0.05) is 103 Å². The van der Waals surface area contributed by atoms with Crippen LogP contribution in [-0.4, -0.2) is 25.6 Å². The molecule has 0 bridgehead atoms. The van der Waals surface area contributed by atoms with Gasteiger partial charge in [0.25, 0.3) is 0 Å². The smallest absolute Gasteiger partial charge is 0.143 e. The first-order valence-corrected chi connectivity index (χ1v) is 14.2. The summed E-state index contributed by atoms with van der Waals surface area (Å²) >= 11 is 4.84. The summed E-state index contributed by atoms with van der Waals surface area (Å²) < 4.78 is 24.2. The summed E-state index contributed by atoms with van der Waals surface area (Å²) in [5.41, 5.74) is 3.32. The van der Waals surface area contributed by atoms with Crippen molar-refractivity contribution in [2.45, 2.75) is 17.5 Å². The average Bonchev–Trinajstić information content (AvgIpc) is 3.04. The van der Waals surface area contributed by atoms with Crippen LogP contribution in [0.3, 0.4) is 0 Å². The Bertz CT molecular complexity index is 1420. The normalized spacial score (nSPS) is 12.0. The van der Waals surface area contributed by atoms with E-state index in [0.29, 0.717) is 19.8 Å². The van der Waals surface area contributed by atoms with Gasteiger partial charge in [0.1, 0.15) is 22.8 Å². The van der Waals surface area contributed by atoms with Crippen molar-refractivity contribution in [2.75, 3.05) is 20.3 Å². The van der Waals surface area contributed by atoms with Crippen molar-refractivity contribution in [1.82, 2.24) is 0 Å². The van der Waals surface area contributed by atoms with E-state index in [1.165, 1.54) is 0 Å². The molecule has 0 aliphatic rings. The van der Waals surface area contributed by atoms with E-state index in [1.807, 2.05) is 103 Å². The molecule has 0 aliphatic carbocycles. The number of hydrogen-bond acceptors (Lipinski definition) is 5. The van der Waals surface area contributed by atoms with Crippen LogP contribution < -0.4 is 9.47 Å². The molecule has 0 amide bonds. The predicted octanol–water partition coefficient (Wildman–Crippen LogP) is 8.31. The van der Waals surface area contributed by atoms with E-state index in [2.05, 4.69) is 36.4 Å². The molecule has 208 valence electrons. The second kappa shape index (κ2) is 14.0. The average molecular weight is 563 g/mol. The van der Waals surface area contributed by atoms with Gasteiger partial charge in [-0.2, -0.15) is 12.6 Å². The fourth-order valence-electron chi connectivity index (χ4n) is 4.78. The van der Waals surface area contributed by atoms with Gasteiger partial charge >= 0.3 is 0 Å². The van der Waals surface area contributed by atoms with Crippen LogP contribution in [0, 0.1) is 0 Å². The third-order valence-electron chi connectivity index (χ3n) is 6.83. The van der Waals surface area contributed by atoms with Crippen molar-refractivity contribution in [3.05, 3.63) is 162 Å². The summed E-state index contributed by atoms with van der Waals surface area (Å²) in [7, 11) is 1.67. The molecule has 0 spiro atoms. The van der Waals surface area contributed by atoms with E-state index in [9.17, 15) is 0 Å². The summed E-state index contributed by atoms with van der Waals surface area (Å²) in [4.78, 5) is 0. The Kier molecular flexibility index (Phi) is 9.76. The highest BCUT2D eigenvalue weighted by atomic mass is 32.1. The Morgan fingerprint density at radius 1 is 0.561 bits per heavy atom. The van der Waals surface area contributed by atoms with E-state index in [1.54, 1.807) is 7.11 Å². The molecule has 5 rings (SSSR count). The minimum Gasteiger partial charge on any atom is -0.497 e. The van der Waals surface area contributed by atoms with Gasteiger partial charge < -0.3 is 18.9 Å². The van der Waals surface area contributed by atoms with Crippen LogP contribution in [-0.2, 0) is 21.7 Å². The predicted molar refractivity (Wildman–Crippen MR) is 167 cm³/mol. The van der Waals surface area contributed by atoms with E-state index in [-0.39, 0.29) is 5.25 Å². The Morgan fingerprint density at radius 3 is 1.61 bits per heavy atom. The lowest BCUT2D eigenvalue weighted by molar-refractivity contribution is 0.00149. The number of rotatable bonds is 13. The van der Waals surface area contributed by atoms with Gasteiger partial charge in [0.05, 0.1) is 26.9 Å². The zero-order valence-electron chi connectivity index (χ0n) is 23.1. The number of para-hydroxylation sites is 1. The van der Waals surface area contributed by atoms with E-state index in [0.717, 1.165) is 39.5 Å². The Hall–Kier alpha value is -4.03. The van der Waals surface area contributed by atoms with E-state index in [4.69, 9.17) is 31.6 Å². The molecule has 5 aromatic rings. The zero-order chi connectivity index (χ0) is 28.3. The quantitative estimate of drug-likeness (QED) is 0.116. The standard InChI is InChI=1S/C36H34O4S/c1-37-32-23-19-31(20-24-32)36(29-11-5-2-6-12-29,30-13-7-3-8-14-30)39-27-35(41)26-38-25-28-17-21-34(22-18-28)40-33-15-9-4-10-16-33/h2-24,35,41H,25-27H2,1H3/t35-/m1/s1. The van der Waals surface area contributed by atoms with Crippen LogP contribution in [0.2, 0.25) is 0 Å². The molecular weight excluding hydrogens is 528 g/mol. The molecule has 4 nitrogen and oxygen atoms in total. The lowest BCUT2D eigenvalue weighted by Gasteiger charge is -2.36. The second-order valence-electron chi connectivity index (χ2n) is 9.68. The van der Waals surface area contributed by atoms with Gasteiger partial charge in [0, 0.05) is 5.25 Å². The molecule has 0 aliphatic heterocycles. The largest absolute Gasteiger partial charge is 0.497 e. The maximum absolute atomic E-state index is 6.88. The molecule has 1 atom stereocenters. The van der Waals surface area contributed by atoms with Crippen molar-refractivity contribution in [1.29, 1.82) is 0 Å². The minimum atomic E-state index is -0.829. The zero-order valence-corrected chi connectivity index (χ0v) is 24.0. The van der Waals surface area contributed by atoms with Crippen LogP contribution in [0.4, 0.5) is 0 Å². The number of ether oxygens (including phenoxy) is 4. The number of methoxy groups -OCH3 is 1. The Labute approximate surface area is 247 Å². The molecule has 0 aromatic heterocycles. The second-order valence-corrected chi connectivity index (χ2v) is 10.4. The van der Waals surface area contributed by atoms with Gasteiger partial charge in [0.15, 0.2) is 0 Å². The summed E-state index contributed by atoms with van der Waals surface area (Å²) in [5.74, 6) is 2.40. The SMILES string of the molecule is COc1ccc(C(OC[C@H](S)COCc2ccc(Oc3ccccc3)cc2)(c2ccccc2)c2ccccc2)cc1. The van der Waals surface area contributed by atoms with Gasteiger partial charge in [-0.25, -0.2) is 0 Å². The van der Waals surface area contributed by atoms with Gasteiger partial charge in [-0.3, -0.25) is 0 Å². The molecule has 0 radical (unpaired) electrons. The highest BCUT2D eigenvalue weighted by Gasteiger charge is 2.38. The van der Waals surface area contributed by atoms with Crippen molar-refractivity contribution < 1.29 is 18.9 Å². The lowest BCUT2D eigenvalue weighted by Crippen LogP contribution is -2.35. The molecule has 0 fully saturated rings. The maximum atomic E-state index is 6.88. The Morgan fingerprint density at radius 2 is 1.05 bits per heavy atom. The summed E-state index contributed by atoms with van der Waals surface area (Å²) in [6.45, 7) is 1.29. The molecule has 0 N–H and O–H groups in total. The van der Waals surface area contributed by atoms with Crippen LogP contribution in [0.25, 0.3) is 0 Å². The molecule has 0 unspecified atom stereocenters. The molecule has 0 saturated heterocycles. The van der Waals surface area contributed by atoms with Crippen LogP contribution in [0.5, 0.6) is 17.2 Å². The fourth-order valence-corrected chi connectivity index (χ4v) is 4.96. The van der Waals surface area contributed by atoms with Crippen molar-refractivity contribution in [3.8, 4) is 17.2 Å². The summed E-state index contributed by atoms with van der Waals surface area (Å²) in [5, 5.41) is -0.138. The van der Waals surface area contributed by atoms with Crippen molar-refractivity contribution in [2.24, 2.45) is 0 Å². The van der Waals surface area contributed by atoms with Crippen molar-refractivity contribution in [3.63, 3.8) is 0 Å². The highest BCUT2D eigenvalue weighted by Crippen LogP contribution is 2.41. The Balaban J connectivity index is 1.27. The molecule has 5 aromatic carbocycles. The van der Waals surface area contributed by atoms with Gasteiger partial charge in [-0.15, -0.1) is 0 Å². The fraction of sp³-hybridized carbons (Fsp3) is 0.167. The van der Waals surface area contributed by atoms with Gasteiger partial charge in [-0.05, 0) is 58.7 Å². The number of benzene rings is 5. The lowest BCUT2D eigenvalue weighted by atomic mass is 9.80. The third-order valence-corrected chi connectivity index (χ3v) is 7.13. The minimum absolute atomic E-state index is 0.138. The van der Waals surface area contributed by atoms with Crippen LogP contribution in [0.1, 0.15) is 22.3 Å². The van der Waals surface area contributed by atoms with Gasteiger partial charge in [0.2, 0.25) is 0 Å². The molecule has 5 heteroatoms. The van der Waals surface area contributed by atoms with E-state index >= 15 is 0 Å². The first kappa shape index (κ1) is 28.5. The highest BCUT2D eigenvalue weighted by molar-refractivity contribution is 7.81.